The minimum absolute atomic E-state index is 0.0281. The summed E-state index contributed by atoms with van der Waals surface area (Å²) in [6.07, 6.45) is -0.587. The van der Waals surface area contributed by atoms with Gasteiger partial charge in [0.05, 0.1) is 6.04 Å². The number of ether oxygens (including phenoxy) is 1. The Labute approximate surface area is 223 Å². The van der Waals surface area contributed by atoms with Crippen LogP contribution in [0.25, 0.3) is 0 Å². The molecule has 0 fully saturated rings. The standard InChI is InChI=1S/C19H23N7O6.C5H9O2/c20-19-25-15-14(17(30)26-19)23-11(8-22-15)7-21-10-3-1-9(2-4-10)16(29)24-12(18(31)32)5-6-13(27)28;1-5(2,3)7-4-6/h1-4,11-12,21,23H,5-8H2,(H,24,29)(H,27,28)(H,31,32)(H4,20,22,25,26,30);1-3H3/t11-,12+;/m1./s1. The first kappa shape index (κ1) is 30.4. The lowest BCUT2D eigenvalue weighted by Crippen LogP contribution is -2.41. The lowest BCUT2D eigenvalue weighted by atomic mass is 10.1. The highest BCUT2D eigenvalue weighted by atomic mass is 16.5. The van der Waals surface area contributed by atoms with Gasteiger partial charge in [0.15, 0.2) is 0 Å². The number of rotatable bonds is 10. The molecule has 1 aliphatic rings. The second kappa shape index (κ2) is 13.6. The highest BCUT2D eigenvalue weighted by Crippen LogP contribution is 2.20. The fourth-order valence-electron chi connectivity index (χ4n) is 3.23. The summed E-state index contributed by atoms with van der Waals surface area (Å²) in [5.74, 6) is -2.55. The van der Waals surface area contributed by atoms with E-state index in [0.717, 1.165) is 0 Å². The molecule has 39 heavy (non-hydrogen) atoms. The van der Waals surface area contributed by atoms with Crippen molar-refractivity contribution >= 4 is 47.5 Å². The molecule has 211 valence electrons. The summed E-state index contributed by atoms with van der Waals surface area (Å²) in [4.78, 5) is 62.0. The third-order valence-corrected chi connectivity index (χ3v) is 5.11. The van der Waals surface area contributed by atoms with Crippen LogP contribution in [0.4, 0.5) is 23.1 Å². The van der Waals surface area contributed by atoms with Crippen molar-refractivity contribution in [2.75, 3.05) is 34.8 Å². The highest BCUT2D eigenvalue weighted by molar-refractivity contribution is 5.97. The fourth-order valence-corrected chi connectivity index (χ4v) is 3.23. The number of nitrogens with one attached hydrogen (secondary N) is 5. The molecule has 0 unspecified atom stereocenters. The van der Waals surface area contributed by atoms with Gasteiger partial charge in [0.1, 0.15) is 23.1 Å². The zero-order valence-corrected chi connectivity index (χ0v) is 21.7. The molecular formula is C24H32N7O8. The van der Waals surface area contributed by atoms with Crippen molar-refractivity contribution in [2.45, 2.75) is 51.3 Å². The van der Waals surface area contributed by atoms with Crippen LogP contribution >= 0.6 is 0 Å². The van der Waals surface area contributed by atoms with Crippen LogP contribution in [0.5, 0.6) is 0 Å². The van der Waals surface area contributed by atoms with Crippen molar-refractivity contribution in [2.24, 2.45) is 0 Å². The monoisotopic (exact) mass is 546 g/mol. The average Bonchev–Trinajstić information content (AvgIpc) is 2.85. The van der Waals surface area contributed by atoms with Crippen LogP contribution in [-0.2, 0) is 19.1 Å². The molecule has 15 heteroatoms. The Bertz CT molecular complexity index is 1220. The number of amides is 1. The van der Waals surface area contributed by atoms with Gasteiger partial charge in [-0.1, -0.05) is 0 Å². The van der Waals surface area contributed by atoms with Crippen molar-refractivity contribution in [3.05, 3.63) is 40.2 Å². The fraction of sp³-hybridized carbons (Fsp3) is 0.417. The number of anilines is 4. The van der Waals surface area contributed by atoms with E-state index in [9.17, 15) is 24.0 Å². The lowest BCUT2D eigenvalue weighted by molar-refractivity contribution is -0.140. The van der Waals surface area contributed by atoms with Gasteiger partial charge in [-0.3, -0.25) is 14.4 Å². The number of aliphatic carboxylic acids is 2. The molecule has 3 rings (SSSR count). The number of hydrogen-bond donors (Lipinski definition) is 8. The molecule has 1 aliphatic heterocycles. The van der Waals surface area contributed by atoms with E-state index >= 15 is 0 Å². The van der Waals surface area contributed by atoms with Crippen LogP contribution in [0.1, 0.15) is 44.0 Å². The van der Waals surface area contributed by atoms with Crippen LogP contribution in [0.2, 0.25) is 0 Å². The molecule has 1 aromatic heterocycles. The maximum atomic E-state index is 12.3. The van der Waals surface area contributed by atoms with Gasteiger partial charge in [-0.25, -0.2) is 9.59 Å². The van der Waals surface area contributed by atoms with Gasteiger partial charge >= 0.3 is 18.4 Å². The summed E-state index contributed by atoms with van der Waals surface area (Å²) < 4.78 is 4.42. The van der Waals surface area contributed by atoms with Crippen LogP contribution in [0.15, 0.2) is 29.1 Å². The third-order valence-electron chi connectivity index (χ3n) is 5.11. The number of carbonyl (C=O) groups excluding carboxylic acids is 2. The maximum Gasteiger partial charge on any atom is 0.418 e. The summed E-state index contributed by atoms with van der Waals surface area (Å²) in [5.41, 5.74) is 5.93. The van der Waals surface area contributed by atoms with Crippen molar-refractivity contribution in [3.8, 4) is 0 Å². The van der Waals surface area contributed by atoms with E-state index in [-0.39, 0.29) is 36.0 Å². The van der Waals surface area contributed by atoms with Crippen LogP contribution < -0.4 is 32.6 Å². The van der Waals surface area contributed by atoms with Crippen LogP contribution in [0.3, 0.4) is 0 Å². The molecule has 0 saturated carbocycles. The quantitative estimate of drug-likeness (QED) is 0.204. The first-order chi connectivity index (χ1) is 18.3. The van der Waals surface area contributed by atoms with Gasteiger partial charge in [-0.2, -0.15) is 4.98 Å². The number of hydrogen-bond acceptors (Lipinski definition) is 11. The zero-order valence-electron chi connectivity index (χ0n) is 21.7. The second-order valence-electron chi connectivity index (χ2n) is 9.45. The average molecular weight is 547 g/mol. The number of nitrogens with two attached hydrogens (primary N) is 1. The number of carbonyl (C=O) groups is 3. The van der Waals surface area contributed by atoms with Crippen molar-refractivity contribution in [1.29, 1.82) is 0 Å². The predicted octanol–water partition coefficient (Wildman–Crippen LogP) is 0.587. The molecule has 0 saturated heterocycles. The molecule has 2 heterocycles. The van der Waals surface area contributed by atoms with Crippen molar-refractivity contribution in [3.63, 3.8) is 0 Å². The Balaban J connectivity index is 0.000000673. The van der Waals surface area contributed by atoms with E-state index in [1.165, 1.54) is 18.6 Å². The minimum Gasteiger partial charge on any atom is -0.481 e. The van der Waals surface area contributed by atoms with Gasteiger partial charge in [0.25, 0.3) is 11.5 Å². The molecule has 1 aromatic carbocycles. The normalized spacial score (nSPS) is 14.6. The van der Waals surface area contributed by atoms with Gasteiger partial charge in [0, 0.05) is 30.8 Å². The Morgan fingerprint density at radius 3 is 2.44 bits per heavy atom. The SMILES string of the molecule is CC(C)(C)O[C]=O.Nc1nc(=O)c2c([nH]1)NC[C@@H](CNc1ccc(C(=O)N[C@@H](CCC(=O)O)C(=O)O)cc1)N2. The molecule has 1 radical (unpaired) electrons. The largest absolute Gasteiger partial charge is 0.481 e. The number of H-pyrrole nitrogens is 1. The van der Waals surface area contributed by atoms with Crippen molar-refractivity contribution in [1.82, 2.24) is 15.3 Å². The minimum atomic E-state index is -1.30. The number of aromatic amines is 1. The Hall–Kier alpha value is -4.82. The second-order valence-corrected chi connectivity index (χ2v) is 9.45. The smallest absolute Gasteiger partial charge is 0.418 e. The van der Waals surface area contributed by atoms with E-state index in [0.29, 0.717) is 30.3 Å². The highest BCUT2D eigenvalue weighted by Gasteiger charge is 2.22. The van der Waals surface area contributed by atoms with E-state index in [1.807, 2.05) is 0 Å². The summed E-state index contributed by atoms with van der Waals surface area (Å²) in [6, 6.07) is 4.93. The first-order valence-electron chi connectivity index (χ1n) is 11.8. The number of benzene rings is 1. The van der Waals surface area contributed by atoms with E-state index < -0.39 is 29.4 Å². The first-order valence-corrected chi connectivity index (χ1v) is 11.8. The molecule has 15 nitrogen and oxygen atoms in total. The van der Waals surface area contributed by atoms with Crippen LogP contribution in [0, 0.1) is 0 Å². The molecule has 0 aliphatic carbocycles. The van der Waals surface area contributed by atoms with Gasteiger partial charge < -0.3 is 46.9 Å². The topological polar surface area (TPSA) is 238 Å². The summed E-state index contributed by atoms with van der Waals surface area (Å²) in [5, 5.41) is 29.5. The zero-order chi connectivity index (χ0) is 29.2. The number of fused-ring (bicyclic) bond motifs is 1. The summed E-state index contributed by atoms with van der Waals surface area (Å²) in [6.45, 7) is 7.70. The van der Waals surface area contributed by atoms with Crippen molar-refractivity contribution < 1.29 is 34.1 Å². The molecular weight excluding hydrogens is 514 g/mol. The maximum absolute atomic E-state index is 12.3. The Kier molecular flexibility index (Phi) is 10.6. The molecule has 0 bridgehead atoms. The summed E-state index contributed by atoms with van der Waals surface area (Å²) in [7, 11) is 0. The number of aromatic nitrogens is 2. The molecule has 1 amide bonds. The van der Waals surface area contributed by atoms with Crippen LogP contribution in [-0.4, -0.2) is 75.3 Å². The number of nitrogen functional groups attached to an aromatic ring is 1. The Morgan fingerprint density at radius 2 is 1.90 bits per heavy atom. The third kappa shape index (κ3) is 10.2. The molecule has 0 spiro atoms. The van der Waals surface area contributed by atoms with E-state index in [4.69, 9.17) is 15.9 Å². The van der Waals surface area contributed by atoms with Gasteiger partial charge in [-0.15, -0.1) is 0 Å². The van der Waals surface area contributed by atoms with Gasteiger partial charge in [-0.05, 0) is 51.5 Å². The molecule has 2 aromatic rings. The number of nitrogens with zero attached hydrogens (tertiary/aromatic N) is 1. The Morgan fingerprint density at radius 1 is 1.23 bits per heavy atom. The van der Waals surface area contributed by atoms with Gasteiger partial charge in [0.2, 0.25) is 5.95 Å². The number of carboxylic acid groups (broad SMARTS) is 2. The number of carboxylic acids is 2. The lowest BCUT2D eigenvalue weighted by Gasteiger charge is -2.27. The summed E-state index contributed by atoms with van der Waals surface area (Å²) >= 11 is 0. The van der Waals surface area contributed by atoms with E-state index in [2.05, 4.69) is 36.0 Å². The molecule has 2 atom stereocenters. The molecule has 9 N–H and O–H groups in total. The van der Waals surface area contributed by atoms with E-state index in [1.54, 1.807) is 32.9 Å². The predicted molar refractivity (Wildman–Crippen MR) is 142 cm³/mol.